The van der Waals surface area contributed by atoms with Crippen molar-refractivity contribution in [3.05, 3.63) is 73.1 Å². The molecule has 0 unspecified atom stereocenters. The van der Waals surface area contributed by atoms with Gasteiger partial charge in [-0.1, -0.05) is 49.1 Å². The Labute approximate surface area is 119 Å². The normalized spacial score (nSPS) is 9.30. The fourth-order valence-corrected chi connectivity index (χ4v) is 0.902. The Bertz CT molecular complexity index is 530. The molecule has 20 heavy (non-hydrogen) atoms. The van der Waals surface area contributed by atoms with Crippen LogP contribution < -0.4 is 0 Å². The Balaban J connectivity index is 0.000000276. The van der Waals surface area contributed by atoms with Gasteiger partial charge in [0.25, 0.3) is 0 Å². The Kier molecular flexibility index (Phi) is 9.76. The topological polar surface area (TPSA) is 76.5 Å². The zero-order chi connectivity index (χ0) is 15.3. The van der Waals surface area contributed by atoms with Crippen LogP contribution >= 0.6 is 0 Å². The minimum atomic E-state index is -4.16. The molecule has 0 radical (unpaired) electrons. The van der Waals surface area contributed by atoms with E-state index in [-0.39, 0.29) is 0 Å². The highest BCUT2D eigenvalue weighted by Crippen LogP contribution is 1.97. The van der Waals surface area contributed by atoms with Crippen LogP contribution in [0.25, 0.3) is 6.08 Å². The summed E-state index contributed by atoms with van der Waals surface area (Å²) >= 11 is 0. The van der Waals surface area contributed by atoms with Crippen LogP contribution in [0.3, 0.4) is 0 Å². The summed E-state index contributed by atoms with van der Waals surface area (Å²) in [7, 11) is -3.29. The number of aromatic nitrogens is 1. The largest absolute Gasteiger partial charge is 0.397 e. The Morgan fingerprint density at radius 1 is 1.10 bits per heavy atom. The van der Waals surface area contributed by atoms with Gasteiger partial charge in [-0.05, 0) is 17.7 Å². The van der Waals surface area contributed by atoms with E-state index in [1.165, 1.54) is 5.56 Å². The smallest absolute Gasteiger partial charge is 0.265 e. The number of benzene rings is 1. The second-order valence-electron chi connectivity index (χ2n) is 3.23. The van der Waals surface area contributed by atoms with Gasteiger partial charge in [-0.25, -0.2) is 0 Å². The predicted molar refractivity (Wildman–Crippen MR) is 79.3 cm³/mol. The van der Waals surface area contributed by atoms with Gasteiger partial charge in [-0.2, -0.15) is 8.42 Å². The minimum absolute atomic E-state index is 0.870. The van der Waals surface area contributed by atoms with E-state index in [9.17, 15) is 8.42 Å². The van der Waals surface area contributed by atoms with Gasteiger partial charge in [0.1, 0.15) is 0 Å². The lowest BCUT2D eigenvalue weighted by Gasteiger charge is -1.85. The minimum Gasteiger partial charge on any atom is -0.265 e. The van der Waals surface area contributed by atoms with Crippen LogP contribution in [-0.2, 0) is 14.6 Å². The molecule has 1 aromatic heterocycles. The lowest BCUT2D eigenvalue weighted by Crippen LogP contribution is -1.96. The summed E-state index contributed by atoms with van der Waals surface area (Å²) in [5, 5.41) is 0. The molecule has 0 amide bonds. The highest BCUT2D eigenvalue weighted by Gasteiger charge is 1.94. The molecule has 0 atom stereocenters. The summed E-state index contributed by atoms with van der Waals surface area (Å²) in [6.45, 7) is 3.63. The summed E-state index contributed by atoms with van der Waals surface area (Å²) in [6.07, 6.45) is 5.33. The first-order valence-electron chi connectivity index (χ1n) is 5.55. The van der Waals surface area contributed by atoms with E-state index >= 15 is 0 Å². The molecule has 6 heteroatoms. The molecule has 0 aliphatic heterocycles. The standard InChI is InChI=1S/C8H8.C5H5N.CH4O4S/c1-2-8-6-4-3-5-7-8;1-2-4-6-5-3-1;1-5-6(2,3)4/h2-7H,1H2;1-5H;1H3,(H,2,3,4). The van der Waals surface area contributed by atoms with Crippen molar-refractivity contribution in [3.63, 3.8) is 0 Å². The van der Waals surface area contributed by atoms with Crippen molar-refractivity contribution >= 4 is 16.5 Å². The molecule has 1 N–H and O–H groups in total. The molecule has 1 heterocycles. The Morgan fingerprint density at radius 2 is 1.55 bits per heavy atom. The van der Waals surface area contributed by atoms with E-state index in [1.807, 2.05) is 54.6 Å². The first-order chi connectivity index (χ1) is 9.49. The van der Waals surface area contributed by atoms with E-state index in [1.54, 1.807) is 12.4 Å². The van der Waals surface area contributed by atoms with Gasteiger partial charge in [0.15, 0.2) is 0 Å². The van der Waals surface area contributed by atoms with Gasteiger partial charge in [0.2, 0.25) is 0 Å². The molecular formula is C14H17NO4S. The molecule has 0 aliphatic rings. The highest BCUT2D eigenvalue weighted by atomic mass is 32.3. The maximum Gasteiger partial charge on any atom is 0.397 e. The van der Waals surface area contributed by atoms with Gasteiger partial charge in [0, 0.05) is 12.4 Å². The van der Waals surface area contributed by atoms with Gasteiger partial charge in [-0.3, -0.25) is 13.7 Å². The molecule has 0 saturated heterocycles. The Hall–Kier alpha value is -2.02. The third-order valence-electron chi connectivity index (χ3n) is 1.81. The molecular weight excluding hydrogens is 278 g/mol. The first-order valence-corrected chi connectivity index (χ1v) is 6.91. The molecule has 2 aromatic rings. The fourth-order valence-electron chi connectivity index (χ4n) is 0.902. The molecule has 0 aliphatic carbocycles. The summed E-state index contributed by atoms with van der Waals surface area (Å²) in [5.74, 6) is 0. The van der Waals surface area contributed by atoms with Crippen molar-refractivity contribution in [2.24, 2.45) is 0 Å². The fraction of sp³-hybridized carbons (Fsp3) is 0.0714. The van der Waals surface area contributed by atoms with Crippen molar-refractivity contribution < 1.29 is 17.2 Å². The molecule has 108 valence electrons. The maximum absolute atomic E-state index is 9.33. The lowest BCUT2D eigenvalue weighted by atomic mass is 10.2. The number of nitrogens with zero attached hydrogens (tertiary/aromatic N) is 1. The SMILES string of the molecule is C=Cc1ccccc1.COS(=O)(=O)O.c1ccncc1. The molecule has 0 bridgehead atoms. The van der Waals surface area contributed by atoms with Crippen LogP contribution in [0.2, 0.25) is 0 Å². The van der Waals surface area contributed by atoms with E-state index in [4.69, 9.17) is 4.55 Å². The summed E-state index contributed by atoms with van der Waals surface area (Å²) in [6, 6.07) is 15.7. The van der Waals surface area contributed by atoms with Crippen LogP contribution in [0.1, 0.15) is 5.56 Å². The van der Waals surface area contributed by atoms with Crippen molar-refractivity contribution in [3.8, 4) is 0 Å². The van der Waals surface area contributed by atoms with Crippen molar-refractivity contribution in [2.75, 3.05) is 7.11 Å². The van der Waals surface area contributed by atoms with E-state index < -0.39 is 10.4 Å². The van der Waals surface area contributed by atoms with Gasteiger partial charge >= 0.3 is 10.4 Å². The lowest BCUT2D eigenvalue weighted by molar-refractivity contribution is 0.324. The summed E-state index contributed by atoms with van der Waals surface area (Å²) in [4.78, 5) is 3.78. The van der Waals surface area contributed by atoms with Gasteiger partial charge in [-0.15, -0.1) is 0 Å². The molecule has 1 aromatic carbocycles. The second kappa shape index (κ2) is 10.9. The molecule has 0 fully saturated rings. The van der Waals surface area contributed by atoms with Crippen molar-refractivity contribution in [2.45, 2.75) is 0 Å². The zero-order valence-corrected chi connectivity index (χ0v) is 11.9. The maximum atomic E-state index is 9.33. The van der Waals surface area contributed by atoms with E-state index in [2.05, 4.69) is 15.7 Å². The van der Waals surface area contributed by atoms with E-state index in [0.717, 1.165) is 7.11 Å². The number of pyridine rings is 1. The average Bonchev–Trinajstić information content (AvgIpc) is 2.50. The van der Waals surface area contributed by atoms with Crippen LogP contribution in [0.4, 0.5) is 0 Å². The van der Waals surface area contributed by atoms with E-state index in [0.29, 0.717) is 0 Å². The Morgan fingerprint density at radius 3 is 1.75 bits per heavy atom. The number of rotatable bonds is 2. The zero-order valence-electron chi connectivity index (χ0n) is 11.1. The van der Waals surface area contributed by atoms with Gasteiger partial charge in [0.05, 0.1) is 7.11 Å². The number of hydrogen-bond acceptors (Lipinski definition) is 4. The molecule has 0 spiro atoms. The van der Waals surface area contributed by atoms with Crippen LogP contribution in [0.15, 0.2) is 67.5 Å². The molecule has 0 saturated carbocycles. The van der Waals surface area contributed by atoms with Crippen LogP contribution in [0, 0.1) is 0 Å². The highest BCUT2D eigenvalue weighted by molar-refractivity contribution is 7.80. The third kappa shape index (κ3) is 12.4. The predicted octanol–water partition coefficient (Wildman–Crippen LogP) is 2.85. The quantitative estimate of drug-likeness (QED) is 0.862. The second-order valence-corrected chi connectivity index (χ2v) is 4.42. The summed E-state index contributed by atoms with van der Waals surface area (Å²) < 4.78 is 29.7. The van der Waals surface area contributed by atoms with Crippen LogP contribution in [0.5, 0.6) is 0 Å². The molecule has 5 nitrogen and oxygen atoms in total. The van der Waals surface area contributed by atoms with Crippen LogP contribution in [-0.4, -0.2) is 25.1 Å². The van der Waals surface area contributed by atoms with Crippen molar-refractivity contribution in [1.82, 2.24) is 4.98 Å². The first kappa shape index (κ1) is 18.0. The van der Waals surface area contributed by atoms with Gasteiger partial charge < -0.3 is 0 Å². The summed E-state index contributed by atoms with van der Waals surface area (Å²) in [5.41, 5.74) is 1.17. The number of hydrogen-bond donors (Lipinski definition) is 1. The average molecular weight is 295 g/mol. The monoisotopic (exact) mass is 295 g/mol. The molecule has 2 rings (SSSR count). The van der Waals surface area contributed by atoms with Crippen molar-refractivity contribution in [1.29, 1.82) is 0 Å². The third-order valence-corrected chi connectivity index (χ3v) is 2.23.